The Hall–Kier alpha value is -1.69. The second kappa shape index (κ2) is 16.0. The van der Waals surface area contributed by atoms with Crippen molar-refractivity contribution >= 4 is 15.8 Å². The number of hydrogen-bond acceptors (Lipinski definition) is 3. The van der Waals surface area contributed by atoms with Crippen molar-refractivity contribution in [3.63, 3.8) is 0 Å². The van der Waals surface area contributed by atoms with Crippen LogP contribution in [0.1, 0.15) is 71.1 Å². The van der Waals surface area contributed by atoms with Crippen LogP contribution >= 0.6 is 0 Å². The van der Waals surface area contributed by atoms with Crippen LogP contribution < -0.4 is 4.48 Å². The molecule has 0 fully saturated rings. The number of para-hydroxylation sites is 1. The lowest BCUT2D eigenvalue weighted by atomic mass is 10.1. The summed E-state index contributed by atoms with van der Waals surface area (Å²) in [5, 5.41) is 0. The minimum absolute atomic E-state index is 0.238. The number of benzene rings is 2. The van der Waals surface area contributed by atoms with Crippen molar-refractivity contribution in [2.45, 2.75) is 76.0 Å². The molecule has 0 amide bonds. The van der Waals surface area contributed by atoms with Gasteiger partial charge in [-0.05, 0) is 30.7 Å². The van der Waals surface area contributed by atoms with E-state index >= 15 is 0 Å². The van der Waals surface area contributed by atoms with Crippen molar-refractivity contribution < 1.29 is 12.6 Å². The number of quaternary nitrogens is 1. The molecule has 0 aliphatic heterocycles. The molecular weight excluding hydrogens is 418 g/mol. The van der Waals surface area contributed by atoms with Gasteiger partial charge in [-0.3, -0.25) is 8.67 Å². The summed E-state index contributed by atoms with van der Waals surface area (Å²) in [5.41, 5.74) is 1.34. The predicted molar refractivity (Wildman–Crippen MR) is 137 cm³/mol. The van der Waals surface area contributed by atoms with E-state index in [1.165, 1.54) is 57.1 Å². The standard InChI is InChI=1S/C18H30O3S.C9H14N/c1-2-3-4-5-6-7-8-9-10-14-17-21-22(19,20)18-15-12-11-13-16-18;1-10(2,3)9-7-5-4-6-8-9/h11-13,15-16H,2-10,14,17H2,1H3;4-8H,1-3H3/q;+1. The van der Waals surface area contributed by atoms with E-state index in [0.29, 0.717) is 0 Å². The Morgan fingerprint density at radius 1 is 0.656 bits per heavy atom. The fourth-order valence-electron chi connectivity index (χ4n) is 3.29. The topological polar surface area (TPSA) is 43.4 Å². The maximum atomic E-state index is 11.9. The number of hydrogen-bond donors (Lipinski definition) is 0. The second-order valence-electron chi connectivity index (χ2n) is 9.12. The van der Waals surface area contributed by atoms with Crippen molar-refractivity contribution in [3.05, 3.63) is 60.7 Å². The molecule has 0 atom stereocenters. The van der Waals surface area contributed by atoms with Gasteiger partial charge in [0.1, 0.15) is 5.69 Å². The average molecular weight is 463 g/mol. The van der Waals surface area contributed by atoms with Crippen LogP contribution in [0.5, 0.6) is 0 Å². The molecule has 0 spiro atoms. The SMILES string of the molecule is CCCCCCCCCCCCOS(=O)(=O)c1ccccc1.C[N+](C)(C)c1ccccc1. The molecule has 32 heavy (non-hydrogen) atoms. The highest BCUT2D eigenvalue weighted by Crippen LogP contribution is 2.15. The van der Waals surface area contributed by atoms with E-state index in [-0.39, 0.29) is 11.5 Å². The maximum Gasteiger partial charge on any atom is 0.296 e. The van der Waals surface area contributed by atoms with E-state index in [1.54, 1.807) is 30.3 Å². The zero-order chi connectivity index (χ0) is 23.7. The summed E-state index contributed by atoms with van der Waals surface area (Å²) in [6.07, 6.45) is 12.3. The summed E-state index contributed by atoms with van der Waals surface area (Å²) in [4.78, 5) is 0.238. The largest absolute Gasteiger partial charge is 0.298 e. The molecule has 0 aliphatic carbocycles. The fourth-order valence-corrected chi connectivity index (χ4v) is 4.25. The van der Waals surface area contributed by atoms with E-state index in [0.717, 1.165) is 17.3 Å². The Bertz CT molecular complexity index is 800. The first-order chi connectivity index (χ1) is 15.3. The molecule has 0 bridgehead atoms. The highest BCUT2D eigenvalue weighted by atomic mass is 32.2. The van der Waals surface area contributed by atoms with Crippen LogP contribution in [-0.4, -0.2) is 36.2 Å². The zero-order valence-electron chi connectivity index (χ0n) is 20.6. The Morgan fingerprint density at radius 3 is 1.53 bits per heavy atom. The summed E-state index contributed by atoms with van der Waals surface area (Å²) in [5.74, 6) is 0. The van der Waals surface area contributed by atoms with E-state index in [2.05, 4.69) is 52.3 Å². The number of unbranched alkanes of at least 4 members (excludes halogenated alkanes) is 9. The van der Waals surface area contributed by atoms with Gasteiger partial charge in [-0.1, -0.05) is 101 Å². The predicted octanol–water partition coefficient (Wildman–Crippen LogP) is 7.20. The molecule has 0 aromatic heterocycles. The van der Waals surface area contributed by atoms with Gasteiger partial charge in [-0.2, -0.15) is 8.42 Å². The van der Waals surface area contributed by atoms with E-state index in [9.17, 15) is 8.42 Å². The number of nitrogens with zero attached hydrogens (tertiary/aromatic N) is 1. The third-order valence-corrected chi connectivity index (χ3v) is 6.63. The highest BCUT2D eigenvalue weighted by molar-refractivity contribution is 7.86. The van der Waals surface area contributed by atoms with Crippen molar-refractivity contribution in [1.82, 2.24) is 4.48 Å². The molecule has 0 heterocycles. The molecule has 0 saturated heterocycles. The lowest BCUT2D eigenvalue weighted by Gasteiger charge is -2.22. The average Bonchev–Trinajstić information content (AvgIpc) is 2.78. The normalized spacial score (nSPS) is 11.6. The van der Waals surface area contributed by atoms with Crippen LogP contribution in [0.4, 0.5) is 5.69 Å². The zero-order valence-corrected chi connectivity index (χ0v) is 21.4. The third-order valence-electron chi connectivity index (χ3n) is 5.30. The molecule has 0 N–H and O–H groups in total. The van der Waals surface area contributed by atoms with Gasteiger partial charge in [-0.15, -0.1) is 0 Å². The van der Waals surface area contributed by atoms with Gasteiger partial charge in [0, 0.05) is 0 Å². The highest BCUT2D eigenvalue weighted by Gasteiger charge is 2.13. The lowest BCUT2D eigenvalue weighted by molar-refractivity contribution is 0.306. The minimum Gasteiger partial charge on any atom is -0.298 e. The van der Waals surface area contributed by atoms with Crippen LogP contribution in [-0.2, 0) is 14.3 Å². The van der Waals surface area contributed by atoms with Gasteiger partial charge in [-0.25, -0.2) is 0 Å². The summed E-state index contributed by atoms with van der Waals surface area (Å²) in [6, 6.07) is 18.8. The van der Waals surface area contributed by atoms with Crippen molar-refractivity contribution in [1.29, 1.82) is 0 Å². The number of rotatable bonds is 14. The molecule has 180 valence electrons. The first-order valence-corrected chi connectivity index (χ1v) is 13.5. The first kappa shape index (κ1) is 28.3. The van der Waals surface area contributed by atoms with Crippen LogP contribution in [0.25, 0.3) is 0 Å². The van der Waals surface area contributed by atoms with Gasteiger partial charge in [0.2, 0.25) is 0 Å². The summed E-state index contributed by atoms with van der Waals surface area (Å²) >= 11 is 0. The van der Waals surface area contributed by atoms with Crippen LogP contribution in [0, 0.1) is 0 Å². The van der Waals surface area contributed by atoms with E-state index in [4.69, 9.17) is 4.18 Å². The molecule has 0 aliphatic rings. The molecular formula is C27H44NO3S+. The van der Waals surface area contributed by atoms with Crippen molar-refractivity contribution in [2.24, 2.45) is 0 Å². The molecule has 2 aromatic carbocycles. The van der Waals surface area contributed by atoms with Crippen molar-refractivity contribution in [3.8, 4) is 0 Å². The minimum atomic E-state index is -3.57. The monoisotopic (exact) mass is 462 g/mol. The third kappa shape index (κ3) is 13.0. The molecule has 2 aromatic rings. The molecule has 2 rings (SSSR count). The van der Waals surface area contributed by atoms with Gasteiger partial charge >= 0.3 is 0 Å². The molecule has 0 unspecified atom stereocenters. The molecule has 4 nitrogen and oxygen atoms in total. The molecule has 5 heteroatoms. The summed E-state index contributed by atoms with van der Waals surface area (Å²) in [6.45, 7) is 2.52. The quantitative estimate of drug-likeness (QED) is 0.169. The van der Waals surface area contributed by atoms with E-state index < -0.39 is 10.1 Å². The van der Waals surface area contributed by atoms with Gasteiger partial charge in [0.05, 0.1) is 32.6 Å². The molecule has 0 saturated carbocycles. The van der Waals surface area contributed by atoms with Gasteiger partial charge < -0.3 is 0 Å². The first-order valence-electron chi connectivity index (χ1n) is 12.1. The summed E-state index contributed by atoms with van der Waals surface area (Å²) < 4.78 is 29.7. The summed E-state index contributed by atoms with van der Waals surface area (Å²) in [7, 11) is 2.92. The maximum absolute atomic E-state index is 11.9. The van der Waals surface area contributed by atoms with Crippen molar-refractivity contribution in [2.75, 3.05) is 27.7 Å². The molecule has 0 radical (unpaired) electrons. The van der Waals surface area contributed by atoms with Crippen LogP contribution in [0.15, 0.2) is 65.6 Å². The smallest absolute Gasteiger partial charge is 0.296 e. The Labute approximate surface area is 197 Å². The Kier molecular flexibility index (Phi) is 14.2. The fraction of sp³-hybridized carbons (Fsp3) is 0.556. The van der Waals surface area contributed by atoms with E-state index in [1.807, 2.05) is 6.07 Å². The van der Waals surface area contributed by atoms with Crippen LogP contribution in [0.2, 0.25) is 0 Å². The Balaban J connectivity index is 0.000000425. The van der Waals surface area contributed by atoms with Gasteiger partial charge in [0.25, 0.3) is 10.1 Å². The van der Waals surface area contributed by atoms with Crippen LogP contribution in [0.3, 0.4) is 0 Å². The lowest BCUT2D eigenvalue weighted by Crippen LogP contribution is -2.34. The van der Waals surface area contributed by atoms with Gasteiger partial charge in [0.15, 0.2) is 0 Å². The second-order valence-corrected chi connectivity index (χ2v) is 10.7. The Morgan fingerprint density at radius 2 is 1.09 bits per heavy atom.